The van der Waals surface area contributed by atoms with E-state index in [0.29, 0.717) is 12.2 Å². The fourth-order valence-electron chi connectivity index (χ4n) is 1.30. The SMILES string of the molecule is COc1ccc(C[C@H](NC=O)C(=O)O)cc1. The van der Waals surface area contributed by atoms with Crippen molar-refractivity contribution in [1.29, 1.82) is 0 Å². The predicted molar refractivity (Wildman–Crippen MR) is 57.3 cm³/mol. The molecule has 0 aliphatic rings. The molecule has 0 saturated heterocycles. The van der Waals surface area contributed by atoms with Gasteiger partial charge in [0.25, 0.3) is 0 Å². The van der Waals surface area contributed by atoms with Gasteiger partial charge in [-0.1, -0.05) is 12.1 Å². The number of rotatable bonds is 6. The Morgan fingerprint density at radius 2 is 2.12 bits per heavy atom. The summed E-state index contributed by atoms with van der Waals surface area (Å²) in [5.74, 6) is -0.345. The first-order valence-corrected chi connectivity index (χ1v) is 4.72. The maximum atomic E-state index is 10.8. The highest BCUT2D eigenvalue weighted by Crippen LogP contribution is 2.12. The Bertz CT molecular complexity index is 361. The number of hydrogen-bond acceptors (Lipinski definition) is 3. The van der Waals surface area contributed by atoms with E-state index in [1.807, 2.05) is 0 Å². The lowest BCUT2D eigenvalue weighted by Crippen LogP contribution is -2.37. The highest BCUT2D eigenvalue weighted by atomic mass is 16.5. The Balaban J connectivity index is 2.69. The fraction of sp³-hybridized carbons (Fsp3) is 0.273. The zero-order chi connectivity index (χ0) is 12.0. The van der Waals surface area contributed by atoms with Crippen molar-refractivity contribution in [2.45, 2.75) is 12.5 Å². The van der Waals surface area contributed by atoms with Crippen molar-refractivity contribution in [3.63, 3.8) is 0 Å². The van der Waals surface area contributed by atoms with Gasteiger partial charge in [-0.05, 0) is 17.7 Å². The first-order chi connectivity index (χ1) is 7.67. The van der Waals surface area contributed by atoms with Crippen molar-refractivity contribution in [3.8, 4) is 5.75 Å². The number of carboxylic acids is 1. The van der Waals surface area contributed by atoms with Crippen LogP contribution < -0.4 is 10.1 Å². The van der Waals surface area contributed by atoms with Crippen LogP contribution >= 0.6 is 0 Å². The number of nitrogens with one attached hydrogen (secondary N) is 1. The minimum absolute atomic E-state index is 0.248. The smallest absolute Gasteiger partial charge is 0.326 e. The topological polar surface area (TPSA) is 75.6 Å². The molecule has 1 aromatic carbocycles. The van der Waals surface area contributed by atoms with Gasteiger partial charge in [0.1, 0.15) is 11.8 Å². The highest BCUT2D eigenvalue weighted by Gasteiger charge is 2.16. The van der Waals surface area contributed by atoms with Crippen molar-refractivity contribution in [2.24, 2.45) is 0 Å². The number of methoxy groups -OCH3 is 1. The van der Waals surface area contributed by atoms with Crippen molar-refractivity contribution in [2.75, 3.05) is 7.11 Å². The first kappa shape index (κ1) is 12.0. The Morgan fingerprint density at radius 1 is 1.50 bits per heavy atom. The van der Waals surface area contributed by atoms with Crippen molar-refractivity contribution < 1.29 is 19.4 Å². The zero-order valence-electron chi connectivity index (χ0n) is 8.84. The van der Waals surface area contributed by atoms with E-state index < -0.39 is 12.0 Å². The minimum atomic E-state index is -1.05. The van der Waals surface area contributed by atoms with Gasteiger partial charge in [-0.25, -0.2) is 4.79 Å². The van der Waals surface area contributed by atoms with Gasteiger partial charge in [0.15, 0.2) is 0 Å². The van der Waals surface area contributed by atoms with Crippen molar-refractivity contribution >= 4 is 12.4 Å². The Hall–Kier alpha value is -2.04. The normalized spacial score (nSPS) is 11.6. The molecule has 0 aliphatic carbocycles. The van der Waals surface area contributed by atoms with E-state index in [1.165, 1.54) is 0 Å². The fourth-order valence-corrected chi connectivity index (χ4v) is 1.30. The number of carbonyl (C=O) groups is 2. The van der Waals surface area contributed by atoms with E-state index in [2.05, 4.69) is 5.32 Å². The van der Waals surface area contributed by atoms with E-state index in [9.17, 15) is 9.59 Å². The van der Waals surface area contributed by atoms with E-state index in [0.717, 1.165) is 5.56 Å². The predicted octanol–water partition coefficient (Wildman–Crippen LogP) is 0.437. The molecule has 2 N–H and O–H groups in total. The van der Waals surface area contributed by atoms with Crippen LogP contribution in [0.2, 0.25) is 0 Å². The van der Waals surface area contributed by atoms with Crippen LogP contribution in [0.25, 0.3) is 0 Å². The average Bonchev–Trinajstić information content (AvgIpc) is 2.29. The molecule has 5 heteroatoms. The monoisotopic (exact) mass is 223 g/mol. The van der Waals surface area contributed by atoms with Crippen LogP contribution in [-0.4, -0.2) is 30.6 Å². The summed E-state index contributed by atoms with van der Waals surface area (Å²) in [7, 11) is 1.56. The molecule has 0 radical (unpaired) electrons. The zero-order valence-corrected chi connectivity index (χ0v) is 8.84. The van der Waals surface area contributed by atoms with E-state index in [-0.39, 0.29) is 6.42 Å². The van der Waals surface area contributed by atoms with Crippen molar-refractivity contribution in [3.05, 3.63) is 29.8 Å². The van der Waals surface area contributed by atoms with E-state index in [1.54, 1.807) is 31.4 Å². The molecular formula is C11H13NO4. The summed E-state index contributed by atoms with van der Waals surface area (Å²) in [6.45, 7) is 0. The summed E-state index contributed by atoms with van der Waals surface area (Å²) >= 11 is 0. The second-order valence-electron chi connectivity index (χ2n) is 3.23. The van der Waals surface area contributed by atoms with Gasteiger partial charge in [0, 0.05) is 6.42 Å². The minimum Gasteiger partial charge on any atom is -0.497 e. The number of aliphatic carboxylic acids is 1. The number of hydrogen-bond donors (Lipinski definition) is 2. The molecule has 0 heterocycles. The number of carboxylic acid groups (broad SMARTS) is 1. The molecule has 5 nitrogen and oxygen atoms in total. The van der Waals surface area contributed by atoms with Crippen molar-refractivity contribution in [1.82, 2.24) is 5.32 Å². The third kappa shape index (κ3) is 3.27. The van der Waals surface area contributed by atoms with Gasteiger partial charge in [-0.3, -0.25) is 4.79 Å². The molecule has 1 atom stereocenters. The van der Waals surface area contributed by atoms with Gasteiger partial charge < -0.3 is 15.2 Å². The highest BCUT2D eigenvalue weighted by molar-refractivity contribution is 5.76. The maximum Gasteiger partial charge on any atom is 0.326 e. The number of amides is 1. The summed E-state index contributed by atoms with van der Waals surface area (Å²) in [6.07, 6.45) is 0.639. The molecule has 0 bridgehead atoms. The van der Waals surface area contributed by atoms with Gasteiger partial charge >= 0.3 is 5.97 Å². The third-order valence-corrected chi connectivity index (χ3v) is 2.17. The number of carbonyl (C=O) groups excluding carboxylic acids is 1. The second-order valence-corrected chi connectivity index (χ2v) is 3.23. The standard InChI is InChI=1S/C11H13NO4/c1-16-9-4-2-8(3-5-9)6-10(11(14)15)12-7-13/h2-5,7,10H,6H2,1H3,(H,12,13)(H,14,15)/t10-/m0/s1. The quantitative estimate of drug-likeness (QED) is 0.686. The molecule has 1 amide bonds. The lowest BCUT2D eigenvalue weighted by atomic mass is 10.1. The van der Waals surface area contributed by atoms with Crippen LogP contribution in [0.5, 0.6) is 5.75 Å². The molecule has 0 fully saturated rings. The number of benzene rings is 1. The molecule has 0 aromatic heterocycles. The van der Waals surface area contributed by atoms with Crippen LogP contribution in [0, 0.1) is 0 Å². The van der Waals surface area contributed by atoms with Crippen LogP contribution in [0.15, 0.2) is 24.3 Å². The first-order valence-electron chi connectivity index (χ1n) is 4.72. The molecule has 1 aromatic rings. The second kappa shape index (κ2) is 5.75. The molecule has 0 spiro atoms. The maximum absolute atomic E-state index is 10.8. The van der Waals surface area contributed by atoms with E-state index >= 15 is 0 Å². The van der Waals surface area contributed by atoms with Crippen LogP contribution in [0.3, 0.4) is 0 Å². The molecule has 1 rings (SSSR count). The lowest BCUT2D eigenvalue weighted by molar-refractivity contribution is -0.140. The van der Waals surface area contributed by atoms with Gasteiger partial charge in [0.2, 0.25) is 6.41 Å². The Kier molecular flexibility index (Phi) is 4.32. The summed E-state index contributed by atoms with van der Waals surface area (Å²) < 4.78 is 4.98. The lowest BCUT2D eigenvalue weighted by Gasteiger charge is -2.11. The van der Waals surface area contributed by atoms with Crippen LogP contribution in [0.1, 0.15) is 5.56 Å². The molecule has 0 saturated carbocycles. The third-order valence-electron chi connectivity index (χ3n) is 2.17. The van der Waals surface area contributed by atoms with Gasteiger partial charge in [-0.2, -0.15) is 0 Å². The Morgan fingerprint density at radius 3 is 2.56 bits per heavy atom. The molecule has 0 aliphatic heterocycles. The molecular weight excluding hydrogens is 210 g/mol. The summed E-state index contributed by atoms with van der Waals surface area (Å²) in [5, 5.41) is 11.1. The van der Waals surface area contributed by atoms with Crippen LogP contribution in [0.4, 0.5) is 0 Å². The van der Waals surface area contributed by atoms with E-state index in [4.69, 9.17) is 9.84 Å². The Labute approximate surface area is 93.0 Å². The summed E-state index contributed by atoms with van der Waals surface area (Å²) in [5.41, 5.74) is 0.822. The summed E-state index contributed by atoms with van der Waals surface area (Å²) in [4.78, 5) is 21.0. The molecule has 16 heavy (non-hydrogen) atoms. The number of ether oxygens (including phenoxy) is 1. The molecule has 86 valence electrons. The largest absolute Gasteiger partial charge is 0.497 e. The van der Waals surface area contributed by atoms with Gasteiger partial charge in [-0.15, -0.1) is 0 Å². The average molecular weight is 223 g/mol. The molecule has 0 unspecified atom stereocenters. The van der Waals surface area contributed by atoms with Crippen LogP contribution in [-0.2, 0) is 16.0 Å². The van der Waals surface area contributed by atoms with Gasteiger partial charge in [0.05, 0.1) is 7.11 Å². The summed E-state index contributed by atoms with van der Waals surface area (Å²) in [6, 6.07) is 6.12.